The number of aliphatic hydroxyl groups excluding tert-OH is 1. The number of hydrazine groups is 1. The fraction of sp³-hybridized carbons (Fsp3) is 0.200. The Morgan fingerprint density at radius 1 is 1.29 bits per heavy atom. The molecule has 2 aromatic rings. The van der Waals surface area contributed by atoms with Crippen molar-refractivity contribution < 1.29 is 29.0 Å². The van der Waals surface area contributed by atoms with Crippen LogP contribution in [0.4, 0.5) is 5.69 Å². The molecular formula is C15H13N3O6. The first-order valence-corrected chi connectivity index (χ1v) is 7.01. The van der Waals surface area contributed by atoms with Gasteiger partial charge in [-0.15, -0.1) is 0 Å². The number of amides is 1. The standard InChI is InChI=1S/C15H13N3O6/c19-11-7-23-14(21)12(11)24-15(22)13(20)18-17-10-5-1-4-9-8(10)3-2-6-16-9/h1-6,11-12,17,19H,7H2,(H,18,20). The van der Waals surface area contributed by atoms with Gasteiger partial charge >= 0.3 is 17.8 Å². The molecule has 2 unspecified atom stereocenters. The summed E-state index contributed by atoms with van der Waals surface area (Å²) in [5.74, 6) is -3.33. The van der Waals surface area contributed by atoms with Crippen molar-refractivity contribution in [3.8, 4) is 0 Å². The minimum atomic E-state index is -1.50. The molecule has 24 heavy (non-hydrogen) atoms. The van der Waals surface area contributed by atoms with Gasteiger partial charge in [-0.2, -0.15) is 0 Å². The number of cyclic esters (lactones) is 1. The number of benzene rings is 1. The molecule has 0 radical (unpaired) electrons. The summed E-state index contributed by atoms with van der Waals surface area (Å²) in [6, 6.07) is 8.74. The number of nitrogens with zero attached hydrogens (tertiary/aromatic N) is 1. The van der Waals surface area contributed by atoms with Crippen molar-refractivity contribution in [1.29, 1.82) is 0 Å². The number of pyridine rings is 1. The van der Waals surface area contributed by atoms with Gasteiger partial charge in [-0.3, -0.25) is 20.6 Å². The molecular weight excluding hydrogens is 318 g/mol. The number of aliphatic hydroxyl groups is 1. The first kappa shape index (κ1) is 15.7. The number of carbonyl (C=O) groups excluding carboxylic acids is 3. The first-order chi connectivity index (χ1) is 11.6. The Bertz CT molecular complexity index is 803. The third-order valence-corrected chi connectivity index (χ3v) is 3.35. The van der Waals surface area contributed by atoms with E-state index in [0.717, 1.165) is 5.39 Å². The molecule has 1 aliphatic heterocycles. The smallest absolute Gasteiger partial charge is 0.399 e. The highest BCUT2D eigenvalue weighted by molar-refractivity contribution is 6.33. The fourth-order valence-electron chi connectivity index (χ4n) is 2.18. The molecule has 0 bridgehead atoms. The van der Waals surface area contributed by atoms with E-state index in [1.54, 1.807) is 36.5 Å². The van der Waals surface area contributed by atoms with Gasteiger partial charge in [0.15, 0.2) is 0 Å². The Morgan fingerprint density at radius 3 is 2.88 bits per heavy atom. The third kappa shape index (κ3) is 3.10. The normalized spacial score (nSPS) is 19.6. The zero-order valence-corrected chi connectivity index (χ0v) is 12.3. The van der Waals surface area contributed by atoms with Gasteiger partial charge in [0.2, 0.25) is 6.10 Å². The van der Waals surface area contributed by atoms with Gasteiger partial charge in [0.25, 0.3) is 0 Å². The molecule has 9 heteroatoms. The van der Waals surface area contributed by atoms with Gasteiger partial charge < -0.3 is 14.6 Å². The predicted octanol–water partition coefficient (Wildman–Crippen LogP) is -0.493. The van der Waals surface area contributed by atoms with Crippen molar-refractivity contribution in [3.63, 3.8) is 0 Å². The highest BCUT2D eigenvalue weighted by atomic mass is 16.6. The monoisotopic (exact) mass is 331 g/mol. The first-order valence-electron chi connectivity index (χ1n) is 7.01. The lowest BCUT2D eigenvalue weighted by Gasteiger charge is -2.13. The maximum atomic E-state index is 11.8. The van der Waals surface area contributed by atoms with Crippen LogP contribution in [-0.4, -0.2) is 46.8 Å². The van der Waals surface area contributed by atoms with E-state index in [-0.39, 0.29) is 6.61 Å². The highest BCUT2D eigenvalue weighted by Gasteiger charge is 2.40. The second-order valence-electron chi connectivity index (χ2n) is 4.98. The van der Waals surface area contributed by atoms with Gasteiger partial charge in [-0.1, -0.05) is 6.07 Å². The molecule has 2 atom stereocenters. The van der Waals surface area contributed by atoms with E-state index in [0.29, 0.717) is 11.2 Å². The van der Waals surface area contributed by atoms with Crippen LogP contribution in [0.2, 0.25) is 0 Å². The van der Waals surface area contributed by atoms with E-state index < -0.39 is 30.1 Å². The van der Waals surface area contributed by atoms with E-state index in [2.05, 4.69) is 25.3 Å². The largest absolute Gasteiger partial charge is 0.460 e. The van der Waals surface area contributed by atoms with Crippen LogP contribution in [0.25, 0.3) is 10.9 Å². The maximum absolute atomic E-state index is 11.8. The van der Waals surface area contributed by atoms with Crippen molar-refractivity contribution in [3.05, 3.63) is 36.5 Å². The van der Waals surface area contributed by atoms with Crippen molar-refractivity contribution in [2.24, 2.45) is 0 Å². The van der Waals surface area contributed by atoms with E-state index in [4.69, 9.17) is 0 Å². The molecule has 1 amide bonds. The number of hydrogen-bond acceptors (Lipinski definition) is 8. The van der Waals surface area contributed by atoms with Gasteiger partial charge in [0.1, 0.15) is 12.7 Å². The number of rotatable bonds is 3. The summed E-state index contributed by atoms with van der Waals surface area (Å²) in [7, 11) is 0. The Hall–Kier alpha value is -3.20. The Kier molecular flexibility index (Phi) is 4.25. The van der Waals surface area contributed by atoms with Crippen LogP contribution in [-0.2, 0) is 23.9 Å². The molecule has 0 spiro atoms. The van der Waals surface area contributed by atoms with Gasteiger partial charge in [0, 0.05) is 11.6 Å². The average Bonchev–Trinajstić information content (AvgIpc) is 2.91. The van der Waals surface area contributed by atoms with Crippen molar-refractivity contribution >= 4 is 34.4 Å². The van der Waals surface area contributed by atoms with E-state index >= 15 is 0 Å². The number of esters is 2. The van der Waals surface area contributed by atoms with Crippen molar-refractivity contribution in [2.45, 2.75) is 12.2 Å². The fourth-order valence-corrected chi connectivity index (χ4v) is 2.18. The predicted molar refractivity (Wildman–Crippen MR) is 80.4 cm³/mol. The van der Waals surface area contributed by atoms with Crippen LogP contribution in [0.15, 0.2) is 36.5 Å². The molecule has 3 rings (SSSR count). The van der Waals surface area contributed by atoms with Gasteiger partial charge in [-0.05, 0) is 24.3 Å². The summed E-state index contributed by atoms with van der Waals surface area (Å²) in [6.07, 6.45) is -1.15. The SMILES string of the molecule is O=C(NNc1cccc2ncccc12)C(=O)OC1C(=O)OCC1O. The van der Waals surface area contributed by atoms with Crippen LogP contribution in [0.3, 0.4) is 0 Å². The van der Waals surface area contributed by atoms with Crippen LogP contribution in [0, 0.1) is 0 Å². The molecule has 1 aliphatic rings. The zero-order chi connectivity index (χ0) is 17.1. The number of anilines is 1. The minimum Gasteiger partial charge on any atom is -0.460 e. The summed E-state index contributed by atoms with van der Waals surface area (Å²) in [4.78, 5) is 38.8. The highest BCUT2D eigenvalue weighted by Crippen LogP contribution is 2.20. The number of aromatic nitrogens is 1. The van der Waals surface area contributed by atoms with Crippen LogP contribution < -0.4 is 10.9 Å². The topological polar surface area (TPSA) is 127 Å². The lowest BCUT2D eigenvalue weighted by Crippen LogP contribution is -2.41. The second-order valence-corrected chi connectivity index (χ2v) is 4.98. The lowest BCUT2D eigenvalue weighted by atomic mass is 10.2. The van der Waals surface area contributed by atoms with Crippen molar-refractivity contribution in [2.75, 3.05) is 12.0 Å². The molecule has 1 saturated heterocycles. The number of nitrogens with one attached hydrogen (secondary N) is 2. The van der Waals surface area contributed by atoms with Gasteiger partial charge in [-0.25, -0.2) is 9.59 Å². The summed E-state index contributed by atoms with van der Waals surface area (Å²) in [6.45, 7) is -0.278. The number of fused-ring (bicyclic) bond motifs is 1. The second kappa shape index (κ2) is 6.50. The summed E-state index contributed by atoms with van der Waals surface area (Å²) in [5.41, 5.74) is 6.00. The molecule has 1 aromatic heterocycles. The quantitative estimate of drug-likeness (QED) is 0.390. The molecule has 0 saturated carbocycles. The van der Waals surface area contributed by atoms with E-state index in [1.807, 2.05) is 0 Å². The summed E-state index contributed by atoms with van der Waals surface area (Å²) < 4.78 is 9.16. The Morgan fingerprint density at radius 2 is 2.12 bits per heavy atom. The Labute approximate surface area is 135 Å². The Balaban J connectivity index is 1.62. The molecule has 124 valence electrons. The lowest BCUT2D eigenvalue weighted by molar-refractivity contribution is -0.167. The summed E-state index contributed by atoms with van der Waals surface area (Å²) >= 11 is 0. The molecule has 0 aliphatic carbocycles. The number of hydrogen-bond donors (Lipinski definition) is 3. The third-order valence-electron chi connectivity index (χ3n) is 3.35. The van der Waals surface area contributed by atoms with Gasteiger partial charge in [0.05, 0.1) is 11.2 Å². The zero-order valence-electron chi connectivity index (χ0n) is 12.3. The molecule has 1 fully saturated rings. The number of ether oxygens (including phenoxy) is 2. The average molecular weight is 331 g/mol. The number of carbonyl (C=O) groups is 3. The van der Waals surface area contributed by atoms with E-state index in [9.17, 15) is 19.5 Å². The van der Waals surface area contributed by atoms with Crippen molar-refractivity contribution in [1.82, 2.24) is 10.4 Å². The minimum absolute atomic E-state index is 0.278. The molecule has 9 nitrogen and oxygen atoms in total. The van der Waals surface area contributed by atoms with E-state index in [1.165, 1.54) is 0 Å². The van der Waals surface area contributed by atoms with Crippen LogP contribution in [0.5, 0.6) is 0 Å². The van der Waals surface area contributed by atoms with Crippen LogP contribution >= 0.6 is 0 Å². The molecule has 1 aromatic carbocycles. The maximum Gasteiger partial charge on any atom is 0.399 e. The summed E-state index contributed by atoms with van der Waals surface area (Å²) in [5, 5.41) is 10.2. The molecule has 2 heterocycles. The van der Waals surface area contributed by atoms with Crippen LogP contribution in [0.1, 0.15) is 0 Å². The molecule has 3 N–H and O–H groups in total.